The van der Waals surface area contributed by atoms with Crippen LogP contribution in [-0.4, -0.2) is 26.7 Å². The molecule has 0 spiro atoms. The summed E-state index contributed by atoms with van der Waals surface area (Å²) in [7, 11) is 1.52. The number of rotatable bonds is 1. The van der Waals surface area contributed by atoms with Crippen molar-refractivity contribution in [2.75, 3.05) is 7.11 Å². The Morgan fingerprint density at radius 3 is 2.88 bits per heavy atom. The van der Waals surface area contributed by atoms with Gasteiger partial charge in [0.2, 0.25) is 0 Å². The first-order valence-electron chi connectivity index (χ1n) is 4.88. The fourth-order valence-corrected chi connectivity index (χ4v) is 1.86. The Morgan fingerprint density at radius 2 is 2.12 bits per heavy atom. The number of H-pyrrole nitrogens is 2. The Morgan fingerprint density at radius 1 is 1.29 bits per heavy atom. The largest absolute Gasteiger partial charge is 0.496 e. The molecule has 0 aliphatic rings. The van der Waals surface area contributed by atoms with Crippen molar-refractivity contribution in [3.05, 3.63) is 39.2 Å². The van der Waals surface area contributed by atoms with Crippen LogP contribution >= 0.6 is 0 Å². The number of fused-ring (bicyclic) bond motifs is 3. The van der Waals surface area contributed by atoms with Crippen molar-refractivity contribution < 1.29 is 4.74 Å². The highest BCUT2D eigenvalue weighted by atomic mass is 16.5. The number of benzene rings is 1. The summed E-state index contributed by atoms with van der Waals surface area (Å²) in [4.78, 5) is 25.7. The minimum absolute atomic E-state index is 0.256. The zero-order chi connectivity index (χ0) is 12.0. The summed E-state index contributed by atoms with van der Waals surface area (Å²) >= 11 is 0. The lowest BCUT2D eigenvalue weighted by atomic mass is 10.2. The topological polar surface area (TPSA) is 92.2 Å². The molecule has 0 amide bonds. The molecule has 0 fully saturated rings. The first kappa shape index (κ1) is 9.64. The highest BCUT2D eigenvalue weighted by Crippen LogP contribution is 2.25. The van der Waals surface area contributed by atoms with Crippen LogP contribution in [0.5, 0.6) is 5.75 Å². The predicted molar refractivity (Wildman–Crippen MR) is 60.5 cm³/mol. The van der Waals surface area contributed by atoms with Crippen molar-refractivity contribution in [3.8, 4) is 5.75 Å². The molecular formula is C10H8N4O3. The zero-order valence-electron chi connectivity index (χ0n) is 8.85. The minimum Gasteiger partial charge on any atom is -0.496 e. The fraction of sp³-hybridized carbons (Fsp3) is 0.100. The Bertz CT molecular complexity index is 827. The van der Waals surface area contributed by atoms with Gasteiger partial charge in [0.15, 0.2) is 5.65 Å². The molecule has 0 aliphatic heterocycles. The van der Waals surface area contributed by atoms with Gasteiger partial charge in [0.25, 0.3) is 0 Å². The predicted octanol–water partition coefficient (Wildman–Crippen LogP) is -0.127. The summed E-state index contributed by atoms with van der Waals surface area (Å²) in [5.74, 6) is 0.544. The van der Waals surface area contributed by atoms with Gasteiger partial charge in [-0.2, -0.15) is 9.50 Å². The molecule has 0 saturated carbocycles. The first-order valence-corrected chi connectivity index (χ1v) is 4.88. The van der Waals surface area contributed by atoms with Crippen molar-refractivity contribution in [3.63, 3.8) is 0 Å². The standard InChI is InChI=1S/C10H8N4O3/c1-17-6-4-2-3-5-7(6)8-12-13-10(16)14(8)9(15)11-5/h2-4H,1H3,(H,11,15)(H,13,16). The van der Waals surface area contributed by atoms with Gasteiger partial charge < -0.3 is 9.72 Å². The Hall–Kier alpha value is -2.57. The zero-order valence-corrected chi connectivity index (χ0v) is 8.85. The lowest BCUT2D eigenvalue weighted by Crippen LogP contribution is -2.26. The summed E-state index contributed by atoms with van der Waals surface area (Å²) in [6.45, 7) is 0. The molecule has 1 aromatic carbocycles. The molecule has 17 heavy (non-hydrogen) atoms. The Labute approximate surface area is 93.7 Å². The van der Waals surface area contributed by atoms with Crippen LogP contribution in [0.1, 0.15) is 0 Å². The van der Waals surface area contributed by atoms with Crippen LogP contribution in [0.25, 0.3) is 16.6 Å². The monoisotopic (exact) mass is 232 g/mol. The van der Waals surface area contributed by atoms with Crippen LogP contribution in [0.15, 0.2) is 27.8 Å². The van der Waals surface area contributed by atoms with E-state index in [0.717, 1.165) is 4.40 Å². The number of aromatic nitrogens is 4. The van der Waals surface area contributed by atoms with Crippen LogP contribution < -0.4 is 16.1 Å². The lowest BCUT2D eigenvalue weighted by Gasteiger charge is -2.04. The van der Waals surface area contributed by atoms with Crippen LogP contribution in [0.4, 0.5) is 0 Å². The van der Waals surface area contributed by atoms with Gasteiger partial charge in [0.1, 0.15) is 5.75 Å². The second-order valence-corrected chi connectivity index (χ2v) is 3.50. The number of hydrogen-bond donors (Lipinski definition) is 2. The van der Waals surface area contributed by atoms with E-state index in [2.05, 4.69) is 15.2 Å². The van der Waals surface area contributed by atoms with Gasteiger partial charge in [0, 0.05) is 0 Å². The van der Waals surface area contributed by atoms with Gasteiger partial charge in [-0.1, -0.05) is 6.07 Å². The van der Waals surface area contributed by atoms with E-state index < -0.39 is 11.4 Å². The number of nitrogens with zero attached hydrogens (tertiary/aromatic N) is 2. The maximum absolute atomic E-state index is 11.7. The average molecular weight is 232 g/mol. The second-order valence-electron chi connectivity index (χ2n) is 3.50. The molecule has 2 aromatic heterocycles. The molecule has 7 heteroatoms. The molecule has 2 heterocycles. The second kappa shape index (κ2) is 3.21. The maximum atomic E-state index is 11.7. The van der Waals surface area contributed by atoms with Gasteiger partial charge in [-0.15, -0.1) is 0 Å². The molecule has 3 rings (SSSR count). The lowest BCUT2D eigenvalue weighted by molar-refractivity contribution is 0.420. The highest BCUT2D eigenvalue weighted by Gasteiger charge is 2.12. The molecule has 2 N–H and O–H groups in total. The summed E-state index contributed by atoms with van der Waals surface area (Å²) < 4.78 is 6.13. The molecule has 0 radical (unpaired) electrons. The highest BCUT2D eigenvalue weighted by molar-refractivity contribution is 5.96. The average Bonchev–Trinajstić information content (AvgIpc) is 2.71. The van der Waals surface area contributed by atoms with Crippen molar-refractivity contribution in [2.24, 2.45) is 0 Å². The third-order valence-electron chi connectivity index (χ3n) is 2.59. The van der Waals surface area contributed by atoms with Crippen LogP contribution in [0.2, 0.25) is 0 Å². The third-order valence-corrected chi connectivity index (χ3v) is 2.59. The molecular weight excluding hydrogens is 224 g/mol. The van der Waals surface area contributed by atoms with Gasteiger partial charge in [-0.05, 0) is 12.1 Å². The van der Waals surface area contributed by atoms with Gasteiger partial charge in [-0.3, -0.25) is 0 Å². The van der Waals surface area contributed by atoms with Crippen molar-refractivity contribution in [1.82, 2.24) is 19.6 Å². The van der Waals surface area contributed by atoms with Crippen LogP contribution in [-0.2, 0) is 0 Å². The number of hydrogen-bond acceptors (Lipinski definition) is 4. The van der Waals surface area contributed by atoms with Gasteiger partial charge in [-0.25, -0.2) is 14.7 Å². The smallest absolute Gasteiger partial charge is 0.351 e. The Kier molecular flexibility index (Phi) is 1.82. The van der Waals surface area contributed by atoms with E-state index in [-0.39, 0.29) is 5.65 Å². The quantitative estimate of drug-likeness (QED) is 0.611. The summed E-state index contributed by atoms with van der Waals surface area (Å²) in [5, 5.41) is 6.67. The van der Waals surface area contributed by atoms with Crippen molar-refractivity contribution in [2.45, 2.75) is 0 Å². The van der Waals surface area contributed by atoms with E-state index >= 15 is 0 Å². The fourth-order valence-electron chi connectivity index (χ4n) is 1.86. The SMILES string of the molecule is COc1cccc2[nH]c(=O)n3c(=O)[nH]nc3c12. The molecule has 0 bridgehead atoms. The number of ether oxygens (including phenoxy) is 1. The minimum atomic E-state index is -0.575. The molecule has 0 aliphatic carbocycles. The number of nitrogens with one attached hydrogen (secondary N) is 2. The van der Waals surface area contributed by atoms with E-state index in [1.807, 2.05) is 0 Å². The van der Waals surface area contributed by atoms with Gasteiger partial charge in [0.05, 0.1) is 18.0 Å². The number of methoxy groups -OCH3 is 1. The third kappa shape index (κ3) is 1.19. The maximum Gasteiger partial charge on any atom is 0.351 e. The summed E-state index contributed by atoms with van der Waals surface area (Å²) in [6, 6.07) is 5.20. The molecule has 0 atom stereocenters. The van der Waals surface area contributed by atoms with E-state index in [0.29, 0.717) is 16.7 Å². The molecule has 0 saturated heterocycles. The van der Waals surface area contributed by atoms with E-state index in [9.17, 15) is 9.59 Å². The van der Waals surface area contributed by atoms with Crippen molar-refractivity contribution >= 4 is 16.6 Å². The van der Waals surface area contributed by atoms with Crippen LogP contribution in [0, 0.1) is 0 Å². The summed E-state index contributed by atoms with van der Waals surface area (Å²) in [6.07, 6.45) is 0. The van der Waals surface area contributed by atoms with E-state index in [1.54, 1.807) is 18.2 Å². The van der Waals surface area contributed by atoms with Gasteiger partial charge >= 0.3 is 11.4 Å². The molecule has 3 aromatic rings. The molecule has 86 valence electrons. The summed E-state index contributed by atoms with van der Waals surface area (Å²) in [5.41, 5.74) is -0.277. The molecule has 7 nitrogen and oxygen atoms in total. The van der Waals surface area contributed by atoms with Crippen LogP contribution in [0.3, 0.4) is 0 Å². The van der Waals surface area contributed by atoms with E-state index in [4.69, 9.17) is 4.74 Å². The Balaban J connectivity index is 2.71. The first-order chi connectivity index (χ1) is 8.22. The molecule has 0 unspecified atom stereocenters. The number of aromatic amines is 2. The normalized spacial score (nSPS) is 11.1. The van der Waals surface area contributed by atoms with E-state index in [1.165, 1.54) is 7.11 Å². The van der Waals surface area contributed by atoms with Crippen molar-refractivity contribution in [1.29, 1.82) is 0 Å².